The van der Waals surface area contributed by atoms with E-state index in [0.717, 1.165) is 6.08 Å². The van der Waals surface area contributed by atoms with Gasteiger partial charge in [-0.25, -0.2) is 4.79 Å². The minimum atomic E-state index is -1.28. The molecule has 1 amide bonds. The van der Waals surface area contributed by atoms with Crippen molar-refractivity contribution in [3.05, 3.63) is 12.7 Å². The summed E-state index contributed by atoms with van der Waals surface area (Å²) in [5.41, 5.74) is 0. The number of carbonyl (C=O) groups is 2. The van der Waals surface area contributed by atoms with Gasteiger partial charge in [0.15, 0.2) is 6.04 Å². The number of aliphatic hydroxyl groups is 1. The van der Waals surface area contributed by atoms with Crippen LogP contribution in [0.1, 0.15) is 6.92 Å². The molecule has 3 N–H and O–H groups in total. The third-order valence-electron chi connectivity index (χ3n) is 1.23. The number of nitrogens with one attached hydrogen (secondary N) is 1. The molecule has 0 aromatic carbocycles. The summed E-state index contributed by atoms with van der Waals surface area (Å²) in [6, 6.07) is -1.28. The highest BCUT2D eigenvalue weighted by Gasteiger charge is 2.23. The molecule has 5 nitrogen and oxygen atoms in total. The van der Waals surface area contributed by atoms with Gasteiger partial charge in [0.2, 0.25) is 5.91 Å². The fourth-order valence-corrected chi connectivity index (χ4v) is 0.601. The molecule has 0 radical (unpaired) electrons. The molecule has 0 fully saturated rings. The van der Waals surface area contributed by atoms with Crippen LogP contribution in [0.25, 0.3) is 0 Å². The van der Waals surface area contributed by atoms with Gasteiger partial charge < -0.3 is 15.5 Å². The van der Waals surface area contributed by atoms with Crippen molar-refractivity contribution in [1.82, 2.24) is 5.32 Å². The molecule has 68 valence electrons. The van der Waals surface area contributed by atoms with Crippen LogP contribution in [0.2, 0.25) is 0 Å². The lowest BCUT2D eigenvalue weighted by Crippen LogP contribution is -2.47. The molecular formula is C7H11NO4. The first-order chi connectivity index (χ1) is 5.49. The van der Waals surface area contributed by atoms with Crippen molar-refractivity contribution < 1.29 is 19.8 Å². The molecule has 0 bridgehead atoms. The SMILES string of the molecule is C=CC(=O)N[C@@H](C(=O)O)[C@H](C)O. The minimum absolute atomic E-state index is 0.622. The van der Waals surface area contributed by atoms with Gasteiger partial charge in [0, 0.05) is 0 Å². The van der Waals surface area contributed by atoms with Gasteiger partial charge in [0.1, 0.15) is 0 Å². The third-order valence-corrected chi connectivity index (χ3v) is 1.23. The molecule has 0 saturated heterocycles. The van der Waals surface area contributed by atoms with E-state index in [4.69, 9.17) is 10.2 Å². The van der Waals surface area contributed by atoms with Gasteiger partial charge in [0.05, 0.1) is 6.10 Å². The van der Waals surface area contributed by atoms with Crippen LogP contribution in [0.3, 0.4) is 0 Å². The number of aliphatic hydroxyl groups excluding tert-OH is 1. The number of carboxylic acid groups (broad SMARTS) is 1. The zero-order chi connectivity index (χ0) is 9.72. The average molecular weight is 173 g/mol. The molecule has 0 saturated carbocycles. The highest BCUT2D eigenvalue weighted by atomic mass is 16.4. The van der Waals surface area contributed by atoms with Crippen LogP contribution in [0.15, 0.2) is 12.7 Å². The Morgan fingerprint density at radius 2 is 2.08 bits per heavy atom. The summed E-state index contributed by atoms with van der Waals surface area (Å²) in [5.74, 6) is -1.90. The van der Waals surface area contributed by atoms with E-state index in [1.807, 2.05) is 0 Å². The van der Waals surface area contributed by atoms with E-state index in [1.54, 1.807) is 0 Å². The molecule has 12 heavy (non-hydrogen) atoms. The quantitative estimate of drug-likeness (QED) is 0.482. The Balaban J connectivity index is 4.23. The molecule has 0 aromatic rings. The summed E-state index contributed by atoms with van der Waals surface area (Å²) < 4.78 is 0. The normalized spacial score (nSPS) is 14.5. The third kappa shape index (κ3) is 3.16. The van der Waals surface area contributed by atoms with E-state index in [0.29, 0.717) is 0 Å². The van der Waals surface area contributed by atoms with Crippen molar-refractivity contribution in [2.75, 3.05) is 0 Å². The maximum Gasteiger partial charge on any atom is 0.328 e. The number of rotatable bonds is 4. The summed E-state index contributed by atoms with van der Waals surface area (Å²) in [5, 5.41) is 19.4. The molecule has 5 heteroatoms. The maximum atomic E-state index is 10.6. The maximum absolute atomic E-state index is 10.6. The van der Waals surface area contributed by atoms with Gasteiger partial charge in [-0.3, -0.25) is 4.79 Å². The molecule has 0 aliphatic carbocycles. The lowest BCUT2D eigenvalue weighted by atomic mass is 10.2. The lowest BCUT2D eigenvalue weighted by molar-refractivity contribution is -0.144. The van der Waals surface area contributed by atoms with Crippen LogP contribution in [-0.4, -0.2) is 34.2 Å². The van der Waals surface area contributed by atoms with Crippen LogP contribution in [-0.2, 0) is 9.59 Å². The van der Waals surface area contributed by atoms with Crippen LogP contribution >= 0.6 is 0 Å². The zero-order valence-electron chi connectivity index (χ0n) is 6.65. The first-order valence-corrected chi connectivity index (χ1v) is 3.33. The molecule has 0 aromatic heterocycles. The second-order valence-corrected chi connectivity index (χ2v) is 2.27. The van der Waals surface area contributed by atoms with Crippen molar-refractivity contribution >= 4 is 11.9 Å². The summed E-state index contributed by atoms with van der Waals surface area (Å²) in [4.78, 5) is 21.0. The summed E-state index contributed by atoms with van der Waals surface area (Å²) in [7, 11) is 0. The van der Waals surface area contributed by atoms with E-state index in [9.17, 15) is 9.59 Å². The predicted octanol–water partition coefficient (Wildman–Crippen LogP) is -0.877. The molecule has 0 spiro atoms. The Labute approximate surface area is 69.7 Å². The lowest BCUT2D eigenvalue weighted by Gasteiger charge is -2.15. The minimum Gasteiger partial charge on any atom is -0.480 e. The Hall–Kier alpha value is -1.36. The van der Waals surface area contributed by atoms with Crippen molar-refractivity contribution in [1.29, 1.82) is 0 Å². The Morgan fingerprint density at radius 3 is 2.33 bits per heavy atom. The molecule has 0 heterocycles. The fourth-order valence-electron chi connectivity index (χ4n) is 0.601. The van der Waals surface area contributed by atoms with E-state index in [-0.39, 0.29) is 0 Å². The molecule has 2 atom stereocenters. The first kappa shape index (κ1) is 10.6. The smallest absolute Gasteiger partial charge is 0.328 e. The van der Waals surface area contributed by atoms with Crippen molar-refractivity contribution in [3.8, 4) is 0 Å². The highest BCUT2D eigenvalue weighted by Crippen LogP contribution is 1.92. The van der Waals surface area contributed by atoms with Crippen LogP contribution in [0.5, 0.6) is 0 Å². The van der Waals surface area contributed by atoms with Gasteiger partial charge in [-0.1, -0.05) is 6.58 Å². The number of amides is 1. The number of carbonyl (C=O) groups excluding carboxylic acids is 1. The van der Waals surface area contributed by atoms with Gasteiger partial charge >= 0.3 is 5.97 Å². The van der Waals surface area contributed by atoms with Crippen LogP contribution in [0.4, 0.5) is 0 Å². The standard InChI is InChI=1S/C7H11NO4/c1-3-5(10)8-6(4(2)9)7(11)12/h3-4,6,9H,1H2,2H3,(H,8,10)(H,11,12)/t4-,6+/m0/s1. The number of hydrogen-bond donors (Lipinski definition) is 3. The van der Waals surface area contributed by atoms with Gasteiger partial charge in [0.25, 0.3) is 0 Å². The van der Waals surface area contributed by atoms with Crippen LogP contribution in [0, 0.1) is 0 Å². The van der Waals surface area contributed by atoms with E-state index >= 15 is 0 Å². The number of aliphatic carboxylic acids is 1. The van der Waals surface area contributed by atoms with E-state index in [2.05, 4.69) is 11.9 Å². The monoisotopic (exact) mass is 173 g/mol. The molecule has 0 rings (SSSR count). The van der Waals surface area contributed by atoms with Crippen molar-refractivity contribution in [3.63, 3.8) is 0 Å². The average Bonchev–Trinajstić information content (AvgIpc) is 1.98. The van der Waals surface area contributed by atoms with E-state index < -0.39 is 24.0 Å². The fraction of sp³-hybridized carbons (Fsp3) is 0.429. The largest absolute Gasteiger partial charge is 0.480 e. The van der Waals surface area contributed by atoms with Gasteiger partial charge in [-0.05, 0) is 13.0 Å². The number of hydrogen-bond acceptors (Lipinski definition) is 3. The molecule has 0 aliphatic rings. The van der Waals surface area contributed by atoms with Crippen molar-refractivity contribution in [2.45, 2.75) is 19.1 Å². The zero-order valence-corrected chi connectivity index (χ0v) is 6.65. The van der Waals surface area contributed by atoms with Gasteiger partial charge in [-0.15, -0.1) is 0 Å². The highest BCUT2D eigenvalue weighted by molar-refractivity contribution is 5.90. The first-order valence-electron chi connectivity index (χ1n) is 3.33. The summed E-state index contributed by atoms with van der Waals surface area (Å²) in [6.45, 7) is 4.43. The number of carboxylic acids is 1. The summed E-state index contributed by atoms with van der Waals surface area (Å²) in [6.07, 6.45) is -0.190. The summed E-state index contributed by atoms with van der Waals surface area (Å²) >= 11 is 0. The van der Waals surface area contributed by atoms with Crippen molar-refractivity contribution in [2.24, 2.45) is 0 Å². The predicted molar refractivity (Wildman–Crippen MR) is 41.4 cm³/mol. The second kappa shape index (κ2) is 4.50. The van der Waals surface area contributed by atoms with E-state index in [1.165, 1.54) is 6.92 Å². The molecule has 0 unspecified atom stereocenters. The Kier molecular flexibility index (Phi) is 3.99. The van der Waals surface area contributed by atoms with Crippen LogP contribution < -0.4 is 5.32 Å². The Morgan fingerprint density at radius 1 is 1.58 bits per heavy atom. The Bertz CT molecular complexity index is 200. The molecule has 0 aliphatic heterocycles. The topological polar surface area (TPSA) is 86.6 Å². The second-order valence-electron chi connectivity index (χ2n) is 2.27. The van der Waals surface area contributed by atoms with Gasteiger partial charge in [-0.2, -0.15) is 0 Å². The molecular weight excluding hydrogens is 162 g/mol.